The SMILES string of the molecule is CCOc1cccn(Cc2c(C)noc2C)c1=O. The zero-order chi connectivity index (χ0) is 13.1. The first kappa shape index (κ1) is 12.4. The van der Waals surface area contributed by atoms with Gasteiger partial charge in [0.25, 0.3) is 5.56 Å². The quantitative estimate of drug-likeness (QED) is 0.829. The highest BCUT2D eigenvalue weighted by Gasteiger charge is 2.11. The summed E-state index contributed by atoms with van der Waals surface area (Å²) in [5.74, 6) is 1.10. The minimum Gasteiger partial charge on any atom is -0.488 e. The molecule has 2 rings (SSSR count). The van der Waals surface area contributed by atoms with Crippen LogP contribution in [0.1, 0.15) is 23.9 Å². The number of aromatic nitrogens is 2. The third kappa shape index (κ3) is 2.30. The molecule has 0 atom stereocenters. The standard InChI is InChI=1S/C13H16N2O3/c1-4-17-12-6-5-7-15(13(12)16)8-11-9(2)14-18-10(11)3/h5-7H,4,8H2,1-3H3. The molecule has 0 saturated heterocycles. The number of pyridine rings is 1. The first-order valence-electron chi connectivity index (χ1n) is 5.87. The molecule has 0 aliphatic carbocycles. The first-order chi connectivity index (χ1) is 8.63. The minimum atomic E-state index is -0.139. The van der Waals surface area contributed by atoms with Gasteiger partial charge in [-0.25, -0.2) is 0 Å². The van der Waals surface area contributed by atoms with Crippen molar-refractivity contribution in [2.45, 2.75) is 27.3 Å². The van der Waals surface area contributed by atoms with E-state index < -0.39 is 0 Å². The highest BCUT2D eigenvalue weighted by molar-refractivity contribution is 5.23. The van der Waals surface area contributed by atoms with Crippen LogP contribution < -0.4 is 10.3 Å². The highest BCUT2D eigenvalue weighted by Crippen LogP contribution is 2.13. The predicted molar refractivity (Wildman–Crippen MR) is 67.0 cm³/mol. The van der Waals surface area contributed by atoms with E-state index in [1.54, 1.807) is 22.9 Å². The predicted octanol–water partition coefficient (Wildman–Crippen LogP) is 1.90. The van der Waals surface area contributed by atoms with Gasteiger partial charge in [-0.15, -0.1) is 0 Å². The molecule has 0 aliphatic rings. The topological polar surface area (TPSA) is 57.3 Å². The molecule has 0 radical (unpaired) electrons. The maximum absolute atomic E-state index is 12.1. The van der Waals surface area contributed by atoms with E-state index in [4.69, 9.17) is 9.26 Å². The van der Waals surface area contributed by atoms with Gasteiger partial charge in [0.2, 0.25) is 0 Å². The van der Waals surface area contributed by atoms with E-state index in [0.29, 0.717) is 18.9 Å². The molecular formula is C13H16N2O3. The summed E-state index contributed by atoms with van der Waals surface area (Å²) in [6.45, 7) is 6.48. The molecule has 0 fully saturated rings. The number of hydrogen-bond donors (Lipinski definition) is 0. The van der Waals surface area contributed by atoms with Crippen LogP contribution >= 0.6 is 0 Å². The zero-order valence-electron chi connectivity index (χ0n) is 10.8. The molecule has 0 aromatic carbocycles. The van der Waals surface area contributed by atoms with Crippen LogP contribution in [-0.4, -0.2) is 16.3 Å². The van der Waals surface area contributed by atoms with Gasteiger partial charge in [-0.1, -0.05) is 5.16 Å². The van der Waals surface area contributed by atoms with Crippen molar-refractivity contribution in [3.63, 3.8) is 0 Å². The Morgan fingerprint density at radius 2 is 2.22 bits per heavy atom. The van der Waals surface area contributed by atoms with E-state index in [9.17, 15) is 4.79 Å². The van der Waals surface area contributed by atoms with Crippen LogP contribution in [0.15, 0.2) is 27.6 Å². The van der Waals surface area contributed by atoms with Gasteiger partial charge in [-0.3, -0.25) is 4.79 Å². The van der Waals surface area contributed by atoms with Crippen molar-refractivity contribution in [3.05, 3.63) is 45.7 Å². The molecular weight excluding hydrogens is 232 g/mol. The van der Waals surface area contributed by atoms with E-state index in [2.05, 4.69) is 5.16 Å². The van der Waals surface area contributed by atoms with Gasteiger partial charge >= 0.3 is 0 Å². The van der Waals surface area contributed by atoms with Gasteiger partial charge < -0.3 is 13.8 Å². The molecule has 5 nitrogen and oxygen atoms in total. The molecule has 0 unspecified atom stereocenters. The number of ether oxygens (including phenoxy) is 1. The molecule has 2 aromatic rings. The van der Waals surface area contributed by atoms with Crippen LogP contribution in [-0.2, 0) is 6.54 Å². The molecule has 0 saturated carbocycles. The van der Waals surface area contributed by atoms with Gasteiger partial charge in [0.1, 0.15) is 5.76 Å². The Balaban J connectivity index is 2.35. The third-order valence-electron chi connectivity index (χ3n) is 2.79. The Labute approximate surface area is 105 Å². The average molecular weight is 248 g/mol. The summed E-state index contributed by atoms with van der Waals surface area (Å²) < 4.78 is 12.0. The zero-order valence-corrected chi connectivity index (χ0v) is 10.8. The maximum atomic E-state index is 12.1. The Morgan fingerprint density at radius 1 is 1.44 bits per heavy atom. The summed E-state index contributed by atoms with van der Waals surface area (Å²) in [5.41, 5.74) is 1.60. The van der Waals surface area contributed by atoms with Crippen molar-refractivity contribution < 1.29 is 9.26 Å². The van der Waals surface area contributed by atoms with E-state index in [-0.39, 0.29) is 5.56 Å². The third-order valence-corrected chi connectivity index (χ3v) is 2.79. The van der Waals surface area contributed by atoms with Crippen LogP contribution in [0.25, 0.3) is 0 Å². The lowest BCUT2D eigenvalue weighted by atomic mass is 10.2. The largest absolute Gasteiger partial charge is 0.488 e. The van der Waals surface area contributed by atoms with Gasteiger partial charge in [-0.05, 0) is 32.9 Å². The summed E-state index contributed by atoms with van der Waals surface area (Å²) in [4.78, 5) is 12.1. The van der Waals surface area contributed by atoms with Gasteiger partial charge in [0.15, 0.2) is 5.75 Å². The number of nitrogens with zero attached hydrogens (tertiary/aromatic N) is 2. The van der Waals surface area contributed by atoms with Crippen LogP contribution in [0.3, 0.4) is 0 Å². The highest BCUT2D eigenvalue weighted by atomic mass is 16.5. The molecule has 5 heteroatoms. The Morgan fingerprint density at radius 3 is 2.83 bits per heavy atom. The number of rotatable bonds is 4. The smallest absolute Gasteiger partial charge is 0.293 e. The molecule has 18 heavy (non-hydrogen) atoms. The van der Waals surface area contributed by atoms with E-state index in [1.807, 2.05) is 20.8 Å². The van der Waals surface area contributed by atoms with Crippen molar-refractivity contribution in [1.29, 1.82) is 0 Å². The molecule has 0 bridgehead atoms. The fourth-order valence-electron chi connectivity index (χ4n) is 1.80. The lowest BCUT2D eigenvalue weighted by Crippen LogP contribution is -2.22. The summed E-state index contributed by atoms with van der Waals surface area (Å²) in [6, 6.07) is 3.47. The second kappa shape index (κ2) is 5.08. The van der Waals surface area contributed by atoms with Crippen molar-refractivity contribution in [1.82, 2.24) is 9.72 Å². The van der Waals surface area contributed by atoms with Crippen molar-refractivity contribution in [2.75, 3.05) is 6.61 Å². The first-order valence-corrected chi connectivity index (χ1v) is 5.87. The van der Waals surface area contributed by atoms with Gasteiger partial charge in [0, 0.05) is 11.8 Å². The average Bonchev–Trinajstić information content (AvgIpc) is 2.66. The Hall–Kier alpha value is -2.04. The lowest BCUT2D eigenvalue weighted by Gasteiger charge is -2.08. The molecule has 2 aromatic heterocycles. The van der Waals surface area contributed by atoms with Crippen molar-refractivity contribution >= 4 is 0 Å². The van der Waals surface area contributed by atoms with E-state index in [0.717, 1.165) is 17.0 Å². The fourth-order valence-corrected chi connectivity index (χ4v) is 1.80. The minimum absolute atomic E-state index is 0.139. The summed E-state index contributed by atoms with van der Waals surface area (Å²) >= 11 is 0. The molecule has 0 amide bonds. The summed E-state index contributed by atoms with van der Waals surface area (Å²) in [7, 11) is 0. The summed E-state index contributed by atoms with van der Waals surface area (Å²) in [5, 5.41) is 3.88. The van der Waals surface area contributed by atoms with Gasteiger partial charge in [0.05, 0.1) is 18.8 Å². The van der Waals surface area contributed by atoms with Crippen LogP contribution in [0, 0.1) is 13.8 Å². The molecule has 0 spiro atoms. The van der Waals surface area contributed by atoms with Crippen molar-refractivity contribution in [2.24, 2.45) is 0 Å². The van der Waals surface area contributed by atoms with Crippen molar-refractivity contribution in [3.8, 4) is 5.75 Å². The van der Waals surface area contributed by atoms with Gasteiger partial charge in [-0.2, -0.15) is 0 Å². The van der Waals surface area contributed by atoms with E-state index >= 15 is 0 Å². The molecule has 2 heterocycles. The van der Waals surface area contributed by atoms with Crippen LogP contribution in [0.5, 0.6) is 5.75 Å². The van der Waals surface area contributed by atoms with Crippen LogP contribution in [0.4, 0.5) is 0 Å². The number of aryl methyl sites for hydroxylation is 2. The molecule has 96 valence electrons. The monoisotopic (exact) mass is 248 g/mol. The molecule has 0 N–H and O–H groups in total. The molecule has 0 aliphatic heterocycles. The normalized spacial score (nSPS) is 10.6. The van der Waals surface area contributed by atoms with E-state index in [1.165, 1.54) is 0 Å². The maximum Gasteiger partial charge on any atom is 0.293 e. The second-order valence-corrected chi connectivity index (χ2v) is 4.04. The Bertz CT molecular complexity index is 579. The fraction of sp³-hybridized carbons (Fsp3) is 0.385. The van der Waals surface area contributed by atoms with Crippen LogP contribution in [0.2, 0.25) is 0 Å². The summed E-state index contributed by atoms with van der Waals surface area (Å²) in [6.07, 6.45) is 1.73. The second-order valence-electron chi connectivity index (χ2n) is 4.04. The Kier molecular flexibility index (Phi) is 3.50. The lowest BCUT2D eigenvalue weighted by molar-refractivity contribution is 0.332. The number of hydrogen-bond acceptors (Lipinski definition) is 4.